The average Bonchev–Trinajstić information content (AvgIpc) is 3.11. The molecule has 240 valence electrons. The maximum atomic E-state index is 12.3. The molecular weight excluding hydrogens is 585 g/mol. The number of carbonyl (C=O) groups excluding carboxylic acids is 1. The highest BCUT2D eigenvalue weighted by Crippen LogP contribution is 2.46. The van der Waals surface area contributed by atoms with E-state index in [2.05, 4.69) is 166 Å². The van der Waals surface area contributed by atoms with Gasteiger partial charge in [0.15, 0.2) is 5.78 Å². The zero-order valence-electron chi connectivity index (χ0n) is 28.5. The second-order valence-electron chi connectivity index (χ2n) is 13.7. The standard InChI is InChI=1S/C45H44N2O/c1-31(40-27-18-28-41(47-40)32(2)48)46-44-38(42(33-19-10-6-11-20-33)34-21-12-7-13-22-34)29-37(45(3,4)5)30-39(44)43(35-23-14-8-15-24-35)36-25-16-9-17-26-36/h6-31,42-43,46H,1-5H3. The number of hydrogen-bond acceptors (Lipinski definition) is 3. The number of carbonyl (C=O) groups is 1. The fraction of sp³-hybridized carbons (Fsp3) is 0.200. The molecule has 5 aromatic carbocycles. The maximum absolute atomic E-state index is 12.3. The molecule has 48 heavy (non-hydrogen) atoms. The molecule has 1 aromatic heterocycles. The van der Waals surface area contributed by atoms with E-state index in [1.807, 2.05) is 12.1 Å². The lowest BCUT2D eigenvalue weighted by molar-refractivity contribution is 0.101. The van der Waals surface area contributed by atoms with Crippen molar-refractivity contribution in [2.45, 2.75) is 57.9 Å². The minimum atomic E-state index is -0.179. The Labute approximate surface area is 285 Å². The first-order chi connectivity index (χ1) is 23.2. The summed E-state index contributed by atoms with van der Waals surface area (Å²) in [6.45, 7) is 10.6. The number of anilines is 1. The van der Waals surface area contributed by atoms with Gasteiger partial charge in [0.05, 0.1) is 11.7 Å². The minimum Gasteiger partial charge on any atom is -0.376 e. The molecule has 0 radical (unpaired) electrons. The SMILES string of the molecule is CC(=O)c1cccc(C(C)Nc2c(C(c3ccccc3)c3ccccc3)cc(C(C)(C)C)cc2C(c2ccccc2)c2ccccc2)n1. The van der Waals surface area contributed by atoms with Gasteiger partial charge < -0.3 is 5.32 Å². The third-order valence-corrected chi connectivity index (χ3v) is 9.15. The van der Waals surface area contributed by atoms with Crippen LogP contribution in [0, 0.1) is 0 Å². The molecule has 0 aliphatic rings. The summed E-state index contributed by atoms with van der Waals surface area (Å²) in [6.07, 6.45) is 0. The van der Waals surface area contributed by atoms with E-state index in [0.717, 1.165) is 11.4 Å². The van der Waals surface area contributed by atoms with Crippen LogP contribution in [0.25, 0.3) is 0 Å². The normalized spacial score (nSPS) is 12.2. The van der Waals surface area contributed by atoms with Crippen molar-refractivity contribution >= 4 is 11.5 Å². The first-order valence-corrected chi connectivity index (χ1v) is 16.8. The van der Waals surface area contributed by atoms with Crippen LogP contribution in [-0.2, 0) is 5.41 Å². The fourth-order valence-electron chi connectivity index (χ4n) is 6.61. The van der Waals surface area contributed by atoms with Crippen molar-refractivity contribution in [1.29, 1.82) is 0 Å². The average molecular weight is 629 g/mol. The number of nitrogens with one attached hydrogen (secondary N) is 1. The Morgan fingerprint density at radius 3 is 1.33 bits per heavy atom. The molecule has 6 aromatic rings. The van der Waals surface area contributed by atoms with Gasteiger partial charge >= 0.3 is 0 Å². The van der Waals surface area contributed by atoms with Gasteiger partial charge in [-0.25, -0.2) is 4.98 Å². The predicted molar refractivity (Wildman–Crippen MR) is 199 cm³/mol. The molecule has 1 unspecified atom stereocenters. The molecule has 0 saturated carbocycles. The van der Waals surface area contributed by atoms with Crippen molar-refractivity contribution < 1.29 is 4.79 Å². The van der Waals surface area contributed by atoms with Crippen LogP contribution in [0.2, 0.25) is 0 Å². The predicted octanol–water partition coefficient (Wildman–Crippen LogP) is 11.1. The molecule has 0 fully saturated rings. The summed E-state index contributed by atoms with van der Waals surface area (Å²) in [4.78, 5) is 17.1. The zero-order chi connectivity index (χ0) is 33.7. The molecular formula is C45H44N2O. The lowest BCUT2D eigenvalue weighted by Gasteiger charge is -2.33. The first kappa shape index (κ1) is 32.7. The van der Waals surface area contributed by atoms with Gasteiger partial charge in [-0.2, -0.15) is 0 Å². The van der Waals surface area contributed by atoms with E-state index in [1.54, 1.807) is 13.0 Å². The van der Waals surface area contributed by atoms with Crippen molar-refractivity contribution in [2.24, 2.45) is 0 Å². The summed E-state index contributed by atoms with van der Waals surface area (Å²) in [5, 5.41) is 4.01. The number of aromatic nitrogens is 1. The molecule has 0 aliphatic heterocycles. The van der Waals surface area contributed by atoms with Gasteiger partial charge in [-0.1, -0.05) is 160 Å². The summed E-state index contributed by atoms with van der Waals surface area (Å²) in [5.41, 5.74) is 10.9. The van der Waals surface area contributed by atoms with Crippen LogP contribution in [0.15, 0.2) is 152 Å². The largest absolute Gasteiger partial charge is 0.376 e. The number of ketones is 1. The summed E-state index contributed by atoms with van der Waals surface area (Å²) in [7, 11) is 0. The third-order valence-electron chi connectivity index (χ3n) is 9.15. The maximum Gasteiger partial charge on any atom is 0.178 e. The van der Waals surface area contributed by atoms with Crippen LogP contribution in [0.4, 0.5) is 5.69 Å². The molecule has 3 nitrogen and oxygen atoms in total. The molecule has 1 N–H and O–H groups in total. The number of rotatable bonds is 10. The highest BCUT2D eigenvalue weighted by Gasteiger charge is 2.30. The topological polar surface area (TPSA) is 42.0 Å². The van der Waals surface area contributed by atoms with Gasteiger partial charge in [0, 0.05) is 24.4 Å². The van der Waals surface area contributed by atoms with Gasteiger partial charge in [0.2, 0.25) is 0 Å². The highest BCUT2D eigenvalue weighted by molar-refractivity contribution is 5.92. The van der Waals surface area contributed by atoms with Crippen LogP contribution in [0.3, 0.4) is 0 Å². The Morgan fingerprint density at radius 2 is 0.979 bits per heavy atom. The zero-order valence-corrected chi connectivity index (χ0v) is 28.5. The number of benzene rings is 5. The molecule has 6 rings (SSSR count). The molecule has 0 amide bonds. The van der Waals surface area contributed by atoms with Crippen molar-refractivity contribution in [3.63, 3.8) is 0 Å². The van der Waals surface area contributed by atoms with Crippen molar-refractivity contribution in [3.8, 4) is 0 Å². The number of hydrogen-bond donors (Lipinski definition) is 1. The van der Waals surface area contributed by atoms with Crippen LogP contribution in [-0.4, -0.2) is 10.8 Å². The lowest BCUT2D eigenvalue weighted by Crippen LogP contribution is -2.20. The van der Waals surface area contributed by atoms with E-state index in [4.69, 9.17) is 4.98 Å². The Bertz CT molecular complexity index is 1780. The van der Waals surface area contributed by atoms with E-state index in [9.17, 15) is 4.79 Å². The lowest BCUT2D eigenvalue weighted by atomic mass is 9.75. The third kappa shape index (κ3) is 7.16. The Balaban J connectivity index is 1.69. The Morgan fingerprint density at radius 1 is 0.583 bits per heavy atom. The van der Waals surface area contributed by atoms with E-state index < -0.39 is 0 Å². The molecule has 1 heterocycles. The van der Waals surface area contributed by atoms with Gasteiger partial charge in [-0.3, -0.25) is 4.79 Å². The van der Waals surface area contributed by atoms with E-state index >= 15 is 0 Å². The highest BCUT2D eigenvalue weighted by atomic mass is 16.1. The summed E-state index contributed by atoms with van der Waals surface area (Å²) >= 11 is 0. The molecule has 0 spiro atoms. The quantitative estimate of drug-likeness (QED) is 0.121. The number of nitrogens with zero attached hydrogens (tertiary/aromatic N) is 1. The molecule has 1 atom stereocenters. The van der Waals surface area contributed by atoms with Gasteiger partial charge in [-0.05, 0) is 63.4 Å². The first-order valence-electron chi connectivity index (χ1n) is 16.8. The Kier molecular flexibility index (Phi) is 9.68. The van der Waals surface area contributed by atoms with Crippen molar-refractivity contribution in [1.82, 2.24) is 4.98 Å². The van der Waals surface area contributed by atoms with E-state index in [0.29, 0.717) is 5.69 Å². The molecule has 0 saturated heterocycles. The van der Waals surface area contributed by atoms with E-state index in [-0.39, 0.29) is 29.1 Å². The number of Topliss-reactive ketones (excluding diaryl/α,β-unsaturated/α-hetero) is 1. The second-order valence-corrected chi connectivity index (χ2v) is 13.7. The van der Waals surface area contributed by atoms with Crippen LogP contribution >= 0.6 is 0 Å². The van der Waals surface area contributed by atoms with Crippen molar-refractivity contribution in [3.05, 3.63) is 202 Å². The Hall–Kier alpha value is -5.28. The summed E-state index contributed by atoms with van der Waals surface area (Å²) in [6, 6.07) is 53.6. The van der Waals surface area contributed by atoms with Crippen LogP contribution < -0.4 is 5.32 Å². The minimum absolute atomic E-state index is 0.0353. The van der Waals surface area contributed by atoms with Gasteiger partial charge in [0.25, 0.3) is 0 Å². The van der Waals surface area contributed by atoms with Gasteiger partial charge in [-0.15, -0.1) is 0 Å². The van der Waals surface area contributed by atoms with Crippen LogP contribution in [0.1, 0.15) is 108 Å². The summed E-state index contributed by atoms with van der Waals surface area (Å²) < 4.78 is 0. The van der Waals surface area contributed by atoms with Crippen molar-refractivity contribution in [2.75, 3.05) is 5.32 Å². The second kappa shape index (κ2) is 14.2. The fourth-order valence-corrected chi connectivity index (χ4v) is 6.61. The smallest absolute Gasteiger partial charge is 0.178 e. The molecule has 0 bridgehead atoms. The summed E-state index contributed by atoms with van der Waals surface area (Å²) in [5.74, 6) is -0.111. The monoisotopic (exact) mass is 628 g/mol. The van der Waals surface area contributed by atoms with Crippen LogP contribution in [0.5, 0.6) is 0 Å². The van der Waals surface area contributed by atoms with Gasteiger partial charge in [0.1, 0.15) is 5.69 Å². The molecule has 3 heteroatoms. The van der Waals surface area contributed by atoms with E-state index in [1.165, 1.54) is 38.9 Å². The number of pyridine rings is 1. The molecule has 0 aliphatic carbocycles.